The molecule has 1 atom stereocenters. The minimum atomic E-state index is -0.410. The molecule has 2 N–H and O–H groups in total. The van der Waals surface area contributed by atoms with Crippen LogP contribution in [0.1, 0.15) is 32.0 Å². The van der Waals surface area contributed by atoms with Gasteiger partial charge in [-0.05, 0) is 24.6 Å². The van der Waals surface area contributed by atoms with Crippen molar-refractivity contribution in [2.24, 2.45) is 0 Å². The molecule has 0 fully saturated rings. The highest BCUT2D eigenvalue weighted by Gasteiger charge is 2.29. The van der Waals surface area contributed by atoms with Gasteiger partial charge >= 0.3 is 0 Å². The molecule has 0 bridgehead atoms. The smallest absolute Gasteiger partial charge is 0.254 e. The highest BCUT2D eigenvalue weighted by atomic mass is 19.1. The number of benzene rings is 1. The first-order valence-electron chi connectivity index (χ1n) is 8.38. The van der Waals surface area contributed by atoms with Crippen molar-refractivity contribution in [3.63, 3.8) is 0 Å². The van der Waals surface area contributed by atoms with Crippen molar-refractivity contribution in [1.29, 1.82) is 0 Å². The molecule has 2 aromatic rings. The number of amides is 2. The summed E-state index contributed by atoms with van der Waals surface area (Å²) in [5.74, 6) is -0.964. The molecular weight excluding hydrogens is 339 g/mol. The van der Waals surface area contributed by atoms with Crippen molar-refractivity contribution in [2.45, 2.75) is 25.9 Å². The Bertz CT molecular complexity index is 834. The highest BCUT2D eigenvalue weighted by Crippen LogP contribution is 2.19. The summed E-state index contributed by atoms with van der Waals surface area (Å²) in [4.78, 5) is 24.5. The third kappa shape index (κ3) is 3.75. The molecule has 0 radical (unpaired) electrons. The summed E-state index contributed by atoms with van der Waals surface area (Å²) in [6.45, 7) is 2.97. The topological polar surface area (TPSA) is 85.2 Å². The van der Waals surface area contributed by atoms with E-state index in [0.29, 0.717) is 37.2 Å². The maximum Gasteiger partial charge on any atom is 0.254 e. The normalized spacial score (nSPS) is 15.6. The lowest BCUT2D eigenvalue weighted by molar-refractivity contribution is 0.0931. The van der Waals surface area contributed by atoms with Crippen LogP contribution in [0.4, 0.5) is 4.39 Å². The van der Waals surface area contributed by atoms with E-state index < -0.39 is 5.82 Å². The van der Waals surface area contributed by atoms with Crippen LogP contribution in [0.15, 0.2) is 24.4 Å². The van der Waals surface area contributed by atoms with E-state index in [1.165, 1.54) is 12.3 Å². The number of rotatable bonds is 6. The van der Waals surface area contributed by atoms with E-state index in [1.807, 2.05) is 0 Å². The SMILES string of the molecule is COCCNC(=O)c1cnn2c1C[C@H](NC(=O)c1ccc(C)c(F)c1)C2. The first-order chi connectivity index (χ1) is 12.5. The van der Waals surface area contributed by atoms with Gasteiger partial charge in [0.2, 0.25) is 0 Å². The Hall–Kier alpha value is -2.74. The number of hydrogen-bond acceptors (Lipinski definition) is 4. The number of fused-ring (bicyclic) bond motifs is 1. The van der Waals surface area contributed by atoms with E-state index in [2.05, 4.69) is 15.7 Å². The van der Waals surface area contributed by atoms with Crippen LogP contribution < -0.4 is 10.6 Å². The first-order valence-corrected chi connectivity index (χ1v) is 8.38. The van der Waals surface area contributed by atoms with Crippen LogP contribution in [0.3, 0.4) is 0 Å². The Morgan fingerprint density at radius 2 is 2.19 bits per heavy atom. The quantitative estimate of drug-likeness (QED) is 0.755. The summed E-state index contributed by atoms with van der Waals surface area (Å²) in [7, 11) is 1.57. The largest absolute Gasteiger partial charge is 0.383 e. The predicted octanol–water partition coefficient (Wildman–Crippen LogP) is 1.06. The Morgan fingerprint density at radius 1 is 1.38 bits per heavy atom. The Morgan fingerprint density at radius 3 is 2.92 bits per heavy atom. The average molecular weight is 360 g/mol. The molecule has 1 aliphatic rings. The molecule has 0 spiro atoms. The number of aromatic nitrogens is 2. The lowest BCUT2D eigenvalue weighted by atomic mass is 10.1. The standard InChI is InChI=1S/C18H21FN4O3/c1-11-3-4-12(7-15(11)19)17(24)22-13-8-16-14(9-21-23(16)10-13)18(25)20-5-6-26-2/h3-4,7,9,13H,5-6,8,10H2,1-2H3,(H,20,25)(H,22,24)/t13-/m0/s1. The number of carbonyl (C=O) groups excluding carboxylic acids is 2. The number of ether oxygens (including phenoxy) is 1. The fraction of sp³-hybridized carbons (Fsp3) is 0.389. The van der Waals surface area contributed by atoms with E-state index in [1.54, 1.807) is 30.8 Å². The van der Waals surface area contributed by atoms with Crippen LogP contribution >= 0.6 is 0 Å². The van der Waals surface area contributed by atoms with Crippen molar-refractivity contribution in [3.05, 3.63) is 52.6 Å². The summed E-state index contributed by atoms with van der Waals surface area (Å²) >= 11 is 0. The number of aryl methyl sites for hydroxylation is 1. The molecule has 26 heavy (non-hydrogen) atoms. The van der Waals surface area contributed by atoms with Crippen molar-refractivity contribution in [3.8, 4) is 0 Å². The van der Waals surface area contributed by atoms with Gasteiger partial charge in [0.25, 0.3) is 11.8 Å². The van der Waals surface area contributed by atoms with Gasteiger partial charge < -0.3 is 15.4 Å². The minimum Gasteiger partial charge on any atom is -0.383 e. The monoisotopic (exact) mass is 360 g/mol. The number of nitrogens with one attached hydrogen (secondary N) is 2. The second kappa shape index (κ2) is 7.65. The molecule has 0 saturated carbocycles. The second-order valence-electron chi connectivity index (χ2n) is 6.27. The molecular formula is C18H21FN4O3. The molecule has 0 unspecified atom stereocenters. The molecule has 1 aromatic carbocycles. The van der Waals surface area contributed by atoms with Crippen LogP contribution in [0.25, 0.3) is 0 Å². The number of methoxy groups -OCH3 is 1. The summed E-state index contributed by atoms with van der Waals surface area (Å²) in [5.41, 5.74) is 2.04. The predicted molar refractivity (Wildman–Crippen MR) is 92.5 cm³/mol. The van der Waals surface area contributed by atoms with Gasteiger partial charge in [0.15, 0.2) is 0 Å². The fourth-order valence-corrected chi connectivity index (χ4v) is 2.94. The Balaban J connectivity index is 1.63. The fourth-order valence-electron chi connectivity index (χ4n) is 2.94. The van der Waals surface area contributed by atoms with Crippen molar-refractivity contribution >= 4 is 11.8 Å². The third-order valence-electron chi connectivity index (χ3n) is 4.39. The van der Waals surface area contributed by atoms with E-state index in [0.717, 1.165) is 5.69 Å². The summed E-state index contributed by atoms with van der Waals surface area (Å²) < 4.78 is 20.3. The van der Waals surface area contributed by atoms with Crippen LogP contribution in [0.2, 0.25) is 0 Å². The lowest BCUT2D eigenvalue weighted by Crippen LogP contribution is -2.36. The zero-order valence-corrected chi connectivity index (χ0v) is 14.7. The van der Waals surface area contributed by atoms with Crippen LogP contribution in [-0.4, -0.2) is 47.9 Å². The summed E-state index contributed by atoms with van der Waals surface area (Å²) in [6.07, 6.45) is 2.03. The zero-order valence-electron chi connectivity index (χ0n) is 14.7. The third-order valence-corrected chi connectivity index (χ3v) is 4.39. The maximum atomic E-state index is 13.6. The molecule has 0 aliphatic carbocycles. The van der Waals surface area contributed by atoms with E-state index >= 15 is 0 Å². The lowest BCUT2D eigenvalue weighted by Gasteiger charge is -2.12. The van der Waals surface area contributed by atoms with Crippen LogP contribution in [-0.2, 0) is 17.7 Å². The number of halogens is 1. The Kier molecular flexibility index (Phi) is 5.32. The molecule has 0 saturated heterocycles. The summed E-state index contributed by atoms with van der Waals surface area (Å²) in [6, 6.07) is 4.20. The van der Waals surface area contributed by atoms with Crippen molar-refractivity contribution in [1.82, 2.24) is 20.4 Å². The van der Waals surface area contributed by atoms with E-state index in [4.69, 9.17) is 4.74 Å². The molecule has 7 nitrogen and oxygen atoms in total. The molecule has 1 aromatic heterocycles. The Labute approximate surface area is 150 Å². The molecule has 1 aliphatic heterocycles. The van der Waals surface area contributed by atoms with Gasteiger partial charge in [-0.25, -0.2) is 4.39 Å². The number of nitrogens with zero attached hydrogens (tertiary/aromatic N) is 2. The minimum absolute atomic E-state index is 0.193. The number of carbonyl (C=O) groups is 2. The van der Waals surface area contributed by atoms with Gasteiger partial charge in [-0.2, -0.15) is 5.10 Å². The molecule has 3 rings (SSSR count). The average Bonchev–Trinajstić information content (AvgIpc) is 3.17. The highest BCUT2D eigenvalue weighted by molar-refractivity contribution is 5.96. The van der Waals surface area contributed by atoms with E-state index in [-0.39, 0.29) is 23.4 Å². The van der Waals surface area contributed by atoms with Crippen molar-refractivity contribution < 1.29 is 18.7 Å². The molecule has 2 amide bonds. The molecule has 8 heteroatoms. The van der Waals surface area contributed by atoms with Gasteiger partial charge in [-0.15, -0.1) is 0 Å². The zero-order chi connectivity index (χ0) is 18.7. The first kappa shape index (κ1) is 18.1. The van der Waals surface area contributed by atoms with E-state index in [9.17, 15) is 14.0 Å². The van der Waals surface area contributed by atoms with Crippen LogP contribution in [0, 0.1) is 12.7 Å². The number of hydrogen-bond donors (Lipinski definition) is 2. The van der Waals surface area contributed by atoms with Gasteiger partial charge in [-0.1, -0.05) is 6.07 Å². The maximum absolute atomic E-state index is 13.6. The second-order valence-corrected chi connectivity index (χ2v) is 6.27. The van der Waals surface area contributed by atoms with Crippen molar-refractivity contribution in [2.75, 3.05) is 20.3 Å². The van der Waals surface area contributed by atoms with Gasteiger partial charge in [0.1, 0.15) is 5.82 Å². The van der Waals surface area contributed by atoms with Gasteiger partial charge in [0, 0.05) is 25.6 Å². The van der Waals surface area contributed by atoms with Gasteiger partial charge in [0.05, 0.1) is 36.6 Å². The van der Waals surface area contributed by atoms with Crippen LogP contribution in [0.5, 0.6) is 0 Å². The van der Waals surface area contributed by atoms with Gasteiger partial charge in [-0.3, -0.25) is 14.3 Å². The summed E-state index contributed by atoms with van der Waals surface area (Å²) in [5, 5.41) is 9.85. The molecule has 2 heterocycles. The molecule has 138 valence electrons.